The van der Waals surface area contributed by atoms with Gasteiger partial charge in [0.2, 0.25) is 11.0 Å². The van der Waals surface area contributed by atoms with Crippen LogP contribution in [0, 0.1) is 11.6 Å². The zero-order valence-electron chi connectivity index (χ0n) is 11.9. The van der Waals surface area contributed by atoms with Gasteiger partial charge in [0.15, 0.2) is 0 Å². The van der Waals surface area contributed by atoms with Crippen LogP contribution in [0.3, 0.4) is 0 Å². The zero-order chi connectivity index (χ0) is 17.0. The predicted molar refractivity (Wildman–Crippen MR) is 80.0 cm³/mol. The highest BCUT2D eigenvalue weighted by Crippen LogP contribution is 2.44. The minimum Gasteiger partial charge on any atom is -0.334 e. The molecule has 1 N–H and O–H groups in total. The topological polar surface area (TPSA) is 71.4 Å². The van der Waals surface area contributed by atoms with Crippen LogP contribution in [0.5, 0.6) is 0 Å². The maximum absolute atomic E-state index is 13.5. The molecule has 0 saturated heterocycles. The second kappa shape index (κ2) is 6.94. The summed E-state index contributed by atoms with van der Waals surface area (Å²) >= 11 is 0. The largest absolute Gasteiger partial charge is 0.334 e. The fraction of sp³-hybridized carbons (Fsp3) is 0.125. The average Bonchev–Trinajstić information content (AvgIpc) is 2.51. The monoisotopic (exact) mass is 338 g/mol. The Morgan fingerprint density at radius 1 is 0.826 bits per heavy atom. The van der Waals surface area contributed by atoms with Gasteiger partial charge < -0.3 is 4.89 Å². The summed E-state index contributed by atoms with van der Waals surface area (Å²) in [5.41, 5.74) is -2.70. The predicted octanol–water partition coefficient (Wildman–Crippen LogP) is 3.07. The molecule has 0 aliphatic carbocycles. The van der Waals surface area contributed by atoms with Crippen molar-refractivity contribution in [2.24, 2.45) is 0 Å². The molecule has 2 aromatic rings. The Morgan fingerprint density at radius 3 is 1.52 bits per heavy atom. The van der Waals surface area contributed by atoms with Gasteiger partial charge in [0.1, 0.15) is 11.6 Å². The first kappa shape index (κ1) is 17.2. The van der Waals surface area contributed by atoms with E-state index in [-0.39, 0.29) is 11.1 Å². The molecule has 0 fully saturated rings. The molecule has 0 aromatic heterocycles. The van der Waals surface area contributed by atoms with E-state index in [1.54, 1.807) is 0 Å². The third-order valence-electron chi connectivity index (χ3n) is 3.28. The number of benzene rings is 2. The first-order valence-corrected chi connectivity index (χ1v) is 8.34. The van der Waals surface area contributed by atoms with Crippen molar-refractivity contribution in [1.29, 1.82) is 0 Å². The fourth-order valence-corrected chi connectivity index (χ4v) is 3.01. The van der Waals surface area contributed by atoms with Gasteiger partial charge in [0.25, 0.3) is 0 Å². The van der Waals surface area contributed by atoms with E-state index >= 15 is 0 Å². The van der Waals surface area contributed by atoms with Gasteiger partial charge in [-0.15, -0.1) is 0 Å². The summed E-state index contributed by atoms with van der Waals surface area (Å²) in [5, 5.41) is 0. The lowest BCUT2D eigenvalue weighted by Crippen LogP contribution is -2.14. The Bertz CT molecular complexity index is 741. The molecule has 2 aromatic carbocycles. The highest BCUT2D eigenvalue weighted by Gasteiger charge is 2.37. The molecule has 7 heteroatoms. The van der Waals surface area contributed by atoms with Crippen molar-refractivity contribution in [3.05, 3.63) is 71.3 Å². The van der Waals surface area contributed by atoms with Crippen molar-refractivity contribution >= 4 is 18.4 Å². The lowest BCUT2D eigenvalue weighted by Gasteiger charge is -2.10. The molecule has 0 aliphatic rings. The molecule has 0 bridgehead atoms. The smallest absolute Gasteiger partial charge is 0.328 e. The van der Waals surface area contributed by atoms with E-state index in [4.69, 9.17) is 0 Å². The second-order valence-corrected chi connectivity index (χ2v) is 7.05. The molecule has 0 spiro atoms. The number of rotatable bonds is 6. The first-order valence-electron chi connectivity index (χ1n) is 6.68. The third-order valence-corrected chi connectivity index (χ3v) is 4.94. The van der Waals surface area contributed by atoms with Crippen LogP contribution in [-0.2, 0) is 27.0 Å². The molecule has 23 heavy (non-hydrogen) atoms. The molecule has 0 saturated carbocycles. The van der Waals surface area contributed by atoms with Gasteiger partial charge >= 0.3 is 7.37 Å². The number of carbonyl (C=O) groups is 2. The molecular formula is C16H13F2O4P. The molecule has 0 atom stereocenters. The Labute approximate surface area is 131 Å². The summed E-state index contributed by atoms with van der Waals surface area (Å²) in [5.74, 6) is -1.41. The van der Waals surface area contributed by atoms with Gasteiger partial charge in [-0.3, -0.25) is 14.2 Å². The minimum atomic E-state index is -4.86. The van der Waals surface area contributed by atoms with E-state index in [1.165, 1.54) is 36.4 Å². The van der Waals surface area contributed by atoms with E-state index in [9.17, 15) is 27.8 Å². The van der Waals surface area contributed by atoms with Crippen molar-refractivity contribution < 1.29 is 27.8 Å². The Morgan fingerprint density at radius 2 is 1.17 bits per heavy atom. The lowest BCUT2D eigenvalue weighted by atomic mass is 10.1. The zero-order valence-corrected chi connectivity index (χ0v) is 12.8. The average molecular weight is 338 g/mol. The molecule has 120 valence electrons. The number of hydrogen-bond donors (Lipinski definition) is 1. The van der Waals surface area contributed by atoms with Crippen LogP contribution in [0.2, 0.25) is 0 Å². The minimum absolute atomic E-state index is 0.0783. The van der Waals surface area contributed by atoms with E-state index in [0.717, 1.165) is 12.1 Å². The summed E-state index contributed by atoms with van der Waals surface area (Å²) in [6.07, 6.45) is -1.35. The quantitative estimate of drug-likeness (QED) is 0.822. The summed E-state index contributed by atoms with van der Waals surface area (Å²) in [4.78, 5) is 33.6. The van der Waals surface area contributed by atoms with Crippen LogP contribution >= 0.6 is 7.37 Å². The lowest BCUT2D eigenvalue weighted by molar-refractivity contribution is -0.115. The first-order chi connectivity index (χ1) is 10.8. The maximum Gasteiger partial charge on any atom is 0.328 e. The van der Waals surface area contributed by atoms with Crippen molar-refractivity contribution in [1.82, 2.24) is 0 Å². The van der Waals surface area contributed by atoms with Gasteiger partial charge in [0, 0.05) is 12.8 Å². The van der Waals surface area contributed by atoms with Crippen molar-refractivity contribution in [3.63, 3.8) is 0 Å². The van der Waals surface area contributed by atoms with Gasteiger partial charge in [-0.1, -0.05) is 36.4 Å². The van der Waals surface area contributed by atoms with Crippen molar-refractivity contribution in [3.8, 4) is 0 Å². The number of carbonyl (C=O) groups excluding carboxylic acids is 2. The molecule has 2 rings (SSSR count). The van der Waals surface area contributed by atoms with E-state index in [1.807, 2.05) is 0 Å². The molecule has 0 unspecified atom stereocenters. The summed E-state index contributed by atoms with van der Waals surface area (Å²) in [6.45, 7) is 0. The van der Waals surface area contributed by atoms with Crippen molar-refractivity contribution in [2.75, 3.05) is 0 Å². The second-order valence-electron chi connectivity index (χ2n) is 4.90. The summed E-state index contributed by atoms with van der Waals surface area (Å²) in [6, 6.07) is 10.5. The highest BCUT2D eigenvalue weighted by atomic mass is 31.2. The molecule has 0 amide bonds. The Balaban J connectivity index is 2.15. The number of hydrogen-bond acceptors (Lipinski definition) is 3. The van der Waals surface area contributed by atoms with Crippen LogP contribution in [-0.4, -0.2) is 15.9 Å². The summed E-state index contributed by atoms with van der Waals surface area (Å²) in [7, 11) is -4.86. The van der Waals surface area contributed by atoms with Crippen molar-refractivity contribution in [2.45, 2.75) is 12.8 Å². The van der Waals surface area contributed by atoms with Gasteiger partial charge in [-0.05, 0) is 23.3 Å². The molecule has 0 heterocycles. The number of halogens is 2. The Hall–Kier alpha value is -2.17. The fourth-order valence-electron chi connectivity index (χ4n) is 1.96. The van der Waals surface area contributed by atoms with Gasteiger partial charge in [-0.2, -0.15) is 0 Å². The van der Waals surface area contributed by atoms with E-state index < -0.39 is 42.9 Å². The van der Waals surface area contributed by atoms with Crippen LogP contribution in [0.4, 0.5) is 8.78 Å². The van der Waals surface area contributed by atoms with Crippen LogP contribution < -0.4 is 0 Å². The van der Waals surface area contributed by atoms with Crippen LogP contribution in [0.1, 0.15) is 11.1 Å². The SMILES string of the molecule is O=C(Cc1ccccc1F)P(=O)(O)C(=O)Cc1ccccc1F. The van der Waals surface area contributed by atoms with Gasteiger partial charge in [0.05, 0.1) is 0 Å². The summed E-state index contributed by atoms with van der Waals surface area (Å²) < 4.78 is 39.0. The molecule has 0 aliphatic heterocycles. The van der Waals surface area contributed by atoms with Crippen LogP contribution in [0.15, 0.2) is 48.5 Å². The normalized spacial score (nSPS) is 11.3. The molecule has 0 radical (unpaired) electrons. The van der Waals surface area contributed by atoms with E-state index in [0.29, 0.717) is 0 Å². The standard InChI is InChI=1S/C16H13F2O4P/c17-13-7-3-1-5-11(13)9-15(19)23(21,22)16(20)10-12-6-2-4-8-14(12)18/h1-8H,9-10H2,(H,21,22). The maximum atomic E-state index is 13.5. The highest BCUT2D eigenvalue weighted by molar-refractivity contribution is 7.89. The third kappa shape index (κ3) is 3.97. The van der Waals surface area contributed by atoms with Gasteiger partial charge in [-0.25, -0.2) is 8.78 Å². The molecular weight excluding hydrogens is 325 g/mol. The van der Waals surface area contributed by atoms with Crippen LogP contribution in [0.25, 0.3) is 0 Å². The van der Waals surface area contributed by atoms with E-state index in [2.05, 4.69) is 0 Å². The Kier molecular flexibility index (Phi) is 5.19. The molecule has 4 nitrogen and oxygen atoms in total.